The summed E-state index contributed by atoms with van der Waals surface area (Å²) in [4.78, 5) is 13.8. The van der Waals surface area contributed by atoms with Crippen LogP contribution in [0.5, 0.6) is 0 Å². The topological polar surface area (TPSA) is 53.9 Å². The van der Waals surface area contributed by atoms with Crippen molar-refractivity contribution in [1.82, 2.24) is 4.90 Å². The van der Waals surface area contributed by atoms with E-state index in [1.54, 1.807) is 30.0 Å². The largest absolute Gasteiger partial charge is 0.460 e. The molecule has 0 saturated heterocycles. The highest BCUT2D eigenvalue weighted by atomic mass is 35.5. The van der Waals surface area contributed by atoms with E-state index in [0.717, 1.165) is 0 Å². The van der Waals surface area contributed by atoms with Gasteiger partial charge in [-0.1, -0.05) is 23.2 Å². The van der Waals surface area contributed by atoms with Gasteiger partial charge in [-0.25, -0.2) is 4.79 Å². The van der Waals surface area contributed by atoms with Crippen molar-refractivity contribution in [2.75, 3.05) is 25.1 Å². The number of rotatable bonds is 5. The van der Waals surface area contributed by atoms with Crippen LogP contribution < -0.4 is 5.43 Å². The number of hydrogen-bond acceptors (Lipinski definition) is 4. The predicted molar refractivity (Wildman–Crippen MR) is 87.1 cm³/mol. The van der Waals surface area contributed by atoms with Crippen LogP contribution >= 0.6 is 23.2 Å². The molecule has 116 valence electrons. The normalized spacial score (nSPS) is 11.2. The van der Waals surface area contributed by atoms with Crippen LogP contribution in [0.25, 0.3) is 0 Å². The molecule has 0 aliphatic rings. The average molecular weight is 332 g/mol. The van der Waals surface area contributed by atoms with Crippen molar-refractivity contribution >= 4 is 40.7 Å². The van der Waals surface area contributed by atoms with Crippen molar-refractivity contribution in [2.24, 2.45) is 5.10 Å². The van der Waals surface area contributed by atoms with Crippen LogP contribution in [-0.2, 0) is 9.53 Å². The second-order valence-electron chi connectivity index (χ2n) is 4.06. The molecule has 7 heteroatoms. The summed E-state index contributed by atoms with van der Waals surface area (Å²) in [6.45, 7) is 7.18. The van der Waals surface area contributed by atoms with Gasteiger partial charge >= 0.3 is 5.97 Å². The molecule has 1 rings (SSSR count). The first-order valence-electron chi connectivity index (χ1n) is 6.74. The van der Waals surface area contributed by atoms with E-state index in [2.05, 4.69) is 10.5 Å². The number of amidine groups is 1. The molecule has 0 bridgehead atoms. The Labute approximate surface area is 134 Å². The Kier molecular flexibility index (Phi) is 7.32. The van der Waals surface area contributed by atoms with E-state index in [9.17, 15) is 4.79 Å². The third-order valence-corrected chi connectivity index (χ3v) is 3.30. The van der Waals surface area contributed by atoms with Gasteiger partial charge in [0.1, 0.15) is 0 Å². The first kappa shape index (κ1) is 17.6. The zero-order valence-corrected chi connectivity index (χ0v) is 13.8. The molecular formula is C14H19Cl2N3O2. The van der Waals surface area contributed by atoms with Crippen LogP contribution in [-0.4, -0.2) is 36.4 Å². The monoisotopic (exact) mass is 331 g/mol. The number of ether oxygens (including phenoxy) is 1. The molecule has 0 fully saturated rings. The van der Waals surface area contributed by atoms with Gasteiger partial charge in [-0.3, -0.25) is 5.43 Å². The summed E-state index contributed by atoms with van der Waals surface area (Å²) < 4.78 is 5.02. The molecule has 0 spiro atoms. The number of likely N-dealkylation sites (N-methyl/N-ethyl adjacent to an activating group) is 1. The summed E-state index contributed by atoms with van der Waals surface area (Å²) in [7, 11) is 0. The summed E-state index contributed by atoms with van der Waals surface area (Å²) >= 11 is 12.0. The minimum absolute atomic E-state index is 0.206. The summed E-state index contributed by atoms with van der Waals surface area (Å²) in [5.41, 5.74) is 3.30. The van der Waals surface area contributed by atoms with Crippen molar-refractivity contribution < 1.29 is 9.53 Å². The molecular weight excluding hydrogens is 313 g/mol. The lowest BCUT2D eigenvalue weighted by atomic mass is 10.3. The number of nitrogens with zero attached hydrogens (tertiary/aromatic N) is 2. The summed E-state index contributed by atoms with van der Waals surface area (Å²) in [5.74, 6) is -0.273. The zero-order valence-electron chi connectivity index (χ0n) is 12.3. The molecule has 0 unspecified atom stereocenters. The number of anilines is 1. The lowest BCUT2D eigenvalue weighted by molar-refractivity contribution is -0.135. The van der Waals surface area contributed by atoms with Crippen molar-refractivity contribution in [3.63, 3.8) is 0 Å². The van der Waals surface area contributed by atoms with Crippen LogP contribution in [0.15, 0.2) is 23.3 Å². The third-order valence-electron chi connectivity index (χ3n) is 2.73. The fourth-order valence-electron chi connectivity index (χ4n) is 1.66. The summed E-state index contributed by atoms with van der Waals surface area (Å²) in [6, 6.07) is 4.97. The Bertz CT molecular complexity index is 517. The molecule has 0 heterocycles. The van der Waals surface area contributed by atoms with E-state index in [4.69, 9.17) is 27.9 Å². The highest BCUT2D eigenvalue weighted by Crippen LogP contribution is 2.25. The first-order chi connectivity index (χ1) is 10.0. The van der Waals surface area contributed by atoms with Gasteiger partial charge in [0, 0.05) is 18.1 Å². The molecule has 0 radical (unpaired) electrons. The molecule has 0 aliphatic heterocycles. The van der Waals surface area contributed by atoms with Gasteiger partial charge in [-0.15, -0.1) is 5.10 Å². The lowest BCUT2D eigenvalue weighted by Gasteiger charge is -2.21. The second-order valence-corrected chi connectivity index (χ2v) is 4.91. The zero-order chi connectivity index (χ0) is 15.8. The fraction of sp³-hybridized carbons (Fsp3) is 0.429. The Morgan fingerprint density at radius 3 is 2.52 bits per heavy atom. The molecule has 0 saturated carbocycles. The predicted octanol–water partition coefficient (Wildman–Crippen LogP) is 3.62. The van der Waals surface area contributed by atoms with Crippen molar-refractivity contribution in [1.29, 1.82) is 0 Å². The standard InChI is InChI=1S/C14H19Cl2N3O2/c1-4-19(5-2)13(14(20)21-6-3)18-17-12-9-10(15)7-8-11(12)16/h7-9,17H,4-6H2,1-3H3. The van der Waals surface area contributed by atoms with Crippen LogP contribution in [0.2, 0.25) is 10.0 Å². The number of esters is 1. The van der Waals surface area contributed by atoms with Gasteiger partial charge in [0.05, 0.1) is 17.3 Å². The second kappa shape index (κ2) is 8.74. The molecule has 5 nitrogen and oxygen atoms in total. The van der Waals surface area contributed by atoms with E-state index in [1.807, 2.05) is 13.8 Å². The maximum absolute atomic E-state index is 12.0. The summed E-state index contributed by atoms with van der Waals surface area (Å²) in [5, 5.41) is 5.12. The fourth-order valence-corrected chi connectivity index (χ4v) is 1.99. The molecule has 21 heavy (non-hydrogen) atoms. The van der Waals surface area contributed by atoms with Gasteiger partial charge in [0.25, 0.3) is 0 Å². The minimum atomic E-state index is -0.480. The lowest BCUT2D eigenvalue weighted by Crippen LogP contribution is -2.38. The van der Waals surface area contributed by atoms with Crippen LogP contribution in [0, 0.1) is 0 Å². The van der Waals surface area contributed by atoms with Crippen LogP contribution in [0.3, 0.4) is 0 Å². The average Bonchev–Trinajstić information content (AvgIpc) is 2.47. The number of carbonyl (C=O) groups is 1. The van der Waals surface area contributed by atoms with Crippen molar-refractivity contribution in [3.05, 3.63) is 28.2 Å². The van der Waals surface area contributed by atoms with Crippen molar-refractivity contribution in [3.8, 4) is 0 Å². The Hall–Kier alpha value is -1.46. The Morgan fingerprint density at radius 1 is 1.29 bits per heavy atom. The van der Waals surface area contributed by atoms with Gasteiger partial charge in [-0.05, 0) is 39.0 Å². The van der Waals surface area contributed by atoms with E-state index < -0.39 is 5.97 Å². The summed E-state index contributed by atoms with van der Waals surface area (Å²) in [6.07, 6.45) is 0. The minimum Gasteiger partial charge on any atom is -0.460 e. The van der Waals surface area contributed by atoms with Crippen LogP contribution in [0.1, 0.15) is 20.8 Å². The maximum Gasteiger partial charge on any atom is 0.375 e. The Balaban J connectivity index is 3.01. The van der Waals surface area contributed by atoms with Gasteiger partial charge in [-0.2, -0.15) is 0 Å². The Morgan fingerprint density at radius 2 is 1.95 bits per heavy atom. The molecule has 0 aromatic heterocycles. The SMILES string of the molecule is CCOC(=O)C(=NNc1cc(Cl)ccc1Cl)N(CC)CC. The smallest absolute Gasteiger partial charge is 0.375 e. The van der Waals surface area contributed by atoms with E-state index >= 15 is 0 Å². The molecule has 1 N–H and O–H groups in total. The molecule has 0 aliphatic carbocycles. The number of hydrogen-bond donors (Lipinski definition) is 1. The number of carbonyl (C=O) groups excluding carboxylic acids is 1. The van der Waals surface area contributed by atoms with Gasteiger partial charge in [0.15, 0.2) is 0 Å². The molecule has 0 amide bonds. The highest BCUT2D eigenvalue weighted by molar-refractivity contribution is 6.36. The third kappa shape index (κ3) is 5.10. The highest BCUT2D eigenvalue weighted by Gasteiger charge is 2.19. The number of nitrogens with one attached hydrogen (secondary N) is 1. The quantitative estimate of drug-likeness (QED) is 0.387. The van der Waals surface area contributed by atoms with Gasteiger partial charge in [0.2, 0.25) is 5.84 Å². The van der Waals surface area contributed by atoms with Gasteiger partial charge < -0.3 is 9.64 Å². The van der Waals surface area contributed by atoms with Crippen LogP contribution in [0.4, 0.5) is 5.69 Å². The number of benzene rings is 1. The first-order valence-corrected chi connectivity index (χ1v) is 7.49. The van der Waals surface area contributed by atoms with E-state index in [-0.39, 0.29) is 12.4 Å². The molecule has 1 aromatic carbocycles. The molecule has 0 atom stereocenters. The number of halogens is 2. The van der Waals surface area contributed by atoms with E-state index in [0.29, 0.717) is 28.8 Å². The molecule has 1 aromatic rings. The number of hydrazone groups is 1. The maximum atomic E-state index is 12.0. The van der Waals surface area contributed by atoms with Crippen molar-refractivity contribution in [2.45, 2.75) is 20.8 Å². The van der Waals surface area contributed by atoms with E-state index in [1.165, 1.54) is 0 Å².